The zero-order valence-electron chi connectivity index (χ0n) is 15.0. The summed E-state index contributed by atoms with van der Waals surface area (Å²) in [6.45, 7) is 0.318. The number of aliphatic hydroxyl groups is 1. The number of benzene rings is 2. The molecule has 2 aromatic carbocycles. The normalized spacial score (nSPS) is 10.8. The van der Waals surface area contributed by atoms with E-state index in [2.05, 4.69) is 5.32 Å². The van der Waals surface area contributed by atoms with Crippen LogP contribution < -0.4 is 5.32 Å². The summed E-state index contributed by atoms with van der Waals surface area (Å²) in [4.78, 5) is 11.8. The van der Waals surface area contributed by atoms with Crippen molar-refractivity contribution in [1.82, 2.24) is 0 Å². The van der Waals surface area contributed by atoms with Gasteiger partial charge in [0.05, 0.1) is 13.2 Å². The van der Waals surface area contributed by atoms with E-state index in [1.54, 1.807) is 6.07 Å². The van der Waals surface area contributed by atoms with Crippen molar-refractivity contribution >= 4 is 46.0 Å². The molecule has 4 N–H and O–H groups in total. The topological polar surface area (TPSA) is 99.0 Å². The van der Waals surface area contributed by atoms with Crippen molar-refractivity contribution < 1.29 is 24.9 Å². The second-order valence-electron chi connectivity index (χ2n) is 5.68. The quantitative estimate of drug-likeness (QED) is 0.224. The van der Waals surface area contributed by atoms with Crippen LogP contribution in [0.1, 0.15) is 11.1 Å². The number of aromatic hydroxyl groups is 2. The van der Waals surface area contributed by atoms with Gasteiger partial charge in [0, 0.05) is 23.9 Å². The highest BCUT2D eigenvalue weighted by Gasteiger charge is 2.02. The zero-order chi connectivity index (χ0) is 20.4. The molecule has 2 aromatic rings. The van der Waals surface area contributed by atoms with Gasteiger partial charge in [-0.1, -0.05) is 42.2 Å². The SMILES string of the molecule is O=C(/C=C/c1ccc(O)c(O)c1)OCCc1ccc(NC(=S)SCCO)cc1. The van der Waals surface area contributed by atoms with E-state index >= 15 is 0 Å². The maximum atomic E-state index is 11.8. The van der Waals surface area contributed by atoms with E-state index in [1.165, 1.54) is 36.0 Å². The standard InChI is InChI=1S/C20H21NO5S2/c22-10-12-28-20(27)21-16-5-1-14(2-6-16)9-11-26-19(25)8-4-15-3-7-17(23)18(24)13-15/h1-8,13,22-24H,9-12H2,(H,21,27)/b8-4+. The predicted molar refractivity (Wildman–Crippen MR) is 116 cm³/mol. The van der Waals surface area contributed by atoms with E-state index in [4.69, 9.17) is 22.1 Å². The number of esters is 1. The first-order chi connectivity index (χ1) is 13.5. The van der Waals surface area contributed by atoms with Crippen LogP contribution in [0.4, 0.5) is 5.69 Å². The van der Waals surface area contributed by atoms with E-state index in [0.29, 0.717) is 22.1 Å². The number of hydrogen-bond acceptors (Lipinski definition) is 7. The second-order valence-corrected chi connectivity index (χ2v) is 7.45. The van der Waals surface area contributed by atoms with Gasteiger partial charge in [-0.3, -0.25) is 0 Å². The van der Waals surface area contributed by atoms with E-state index in [9.17, 15) is 15.0 Å². The van der Waals surface area contributed by atoms with Crippen molar-refractivity contribution in [2.45, 2.75) is 6.42 Å². The fourth-order valence-electron chi connectivity index (χ4n) is 2.17. The first-order valence-electron chi connectivity index (χ1n) is 8.48. The number of nitrogens with one attached hydrogen (secondary N) is 1. The molecule has 28 heavy (non-hydrogen) atoms. The van der Waals surface area contributed by atoms with Gasteiger partial charge in [-0.2, -0.15) is 0 Å². The van der Waals surface area contributed by atoms with Gasteiger partial charge in [0.25, 0.3) is 0 Å². The highest BCUT2D eigenvalue weighted by Crippen LogP contribution is 2.25. The molecule has 0 bridgehead atoms. The molecule has 0 aliphatic carbocycles. The van der Waals surface area contributed by atoms with Crippen LogP contribution in [0.5, 0.6) is 11.5 Å². The molecule has 0 saturated carbocycles. The molecular weight excluding hydrogens is 398 g/mol. The average molecular weight is 420 g/mol. The smallest absolute Gasteiger partial charge is 0.330 e. The van der Waals surface area contributed by atoms with Crippen LogP contribution in [-0.2, 0) is 16.0 Å². The van der Waals surface area contributed by atoms with Crippen LogP contribution in [0, 0.1) is 0 Å². The lowest BCUT2D eigenvalue weighted by atomic mass is 10.1. The van der Waals surface area contributed by atoms with Gasteiger partial charge < -0.3 is 25.4 Å². The van der Waals surface area contributed by atoms with Gasteiger partial charge >= 0.3 is 5.97 Å². The molecule has 0 amide bonds. The molecule has 0 saturated heterocycles. The molecule has 0 atom stereocenters. The third-order valence-corrected chi connectivity index (χ3v) is 4.78. The van der Waals surface area contributed by atoms with Crippen molar-refractivity contribution in [2.24, 2.45) is 0 Å². The number of hydrogen-bond donors (Lipinski definition) is 4. The number of carbonyl (C=O) groups excluding carboxylic acids is 1. The molecule has 0 heterocycles. The number of phenols is 2. The third-order valence-electron chi connectivity index (χ3n) is 3.57. The Morgan fingerprint density at radius 1 is 1.14 bits per heavy atom. The van der Waals surface area contributed by atoms with Crippen LogP contribution in [0.25, 0.3) is 6.08 Å². The number of thioether (sulfide) groups is 1. The number of carbonyl (C=O) groups is 1. The number of phenolic OH excluding ortho intramolecular Hbond substituents is 2. The minimum atomic E-state index is -0.489. The van der Waals surface area contributed by atoms with Gasteiger partial charge in [-0.05, 0) is 41.5 Å². The van der Waals surface area contributed by atoms with Crippen molar-refractivity contribution in [3.63, 3.8) is 0 Å². The Bertz CT molecular complexity index is 837. The fourth-order valence-corrected chi connectivity index (χ4v) is 3.01. The lowest BCUT2D eigenvalue weighted by Crippen LogP contribution is -2.07. The van der Waals surface area contributed by atoms with Crippen LogP contribution in [0.2, 0.25) is 0 Å². The number of thiocarbonyl (C=S) groups is 1. The minimum absolute atomic E-state index is 0.0801. The Morgan fingerprint density at radius 3 is 2.57 bits per heavy atom. The summed E-state index contributed by atoms with van der Waals surface area (Å²) in [5.74, 6) is -0.400. The monoisotopic (exact) mass is 419 g/mol. The van der Waals surface area contributed by atoms with Crippen molar-refractivity contribution in [3.05, 3.63) is 59.7 Å². The molecular formula is C20H21NO5S2. The zero-order valence-corrected chi connectivity index (χ0v) is 16.6. The molecule has 0 spiro atoms. The van der Waals surface area contributed by atoms with Gasteiger partial charge in [0.15, 0.2) is 11.5 Å². The third kappa shape index (κ3) is 7.59. The number of aliphatic hydroxyl groups excluding tert-OH is 1. The van der Waals surface area contributed by atoms with Crippen LogP contribution in [0.15, 0.2) is 48.5 Å². The second kappa shape index (κ2) is 11.3. The first-order valence-corrected chi connectivity index (χ1v) is 9.87. The fraction of sp³-hybridized carbons (Fsp3) is 0.200. The highest BCUT2D eigenvalue weighted by molar-refractivity contribution is 8.23. The summed E-state index contributed by atoms with van der Waals surface area (Å²) in [6.07, 6.45) is 3.34. The summed E-state index contributed by atoms with van der Waals surface area (Å²) in [6, 6.07) is 11.9. The Kier molecular flexibility index (Phi) is 8.80. The van der Waals surface area contributed by atoms with Crippen molar-refractivity contribution in [2.75, 3.05) is 24.3 Å². The summed E-state index contributed by atoms with van der Waals surface area (Å²) in [5, 5.41) is 30.5. The average Bonchev–Trinajstić information content (AvgIpc) is 2.68. The maximum absolute atomic E-state index is 11.8. The predicted octanol–water partition coefficient (Wildman–Crippen LogP) is 3.32. The molecule has 148 valence electrons. The first kappa shape index (κ1) is 21.7. The van der Waals surface area contributed by atoms with E-state index < -0.39 is 5.97 Å². The lowest BCUT2D eigenvalue weighted by Gasteiger charge is -2.08. The Morgan fingerprint density at radius 2 is 1.89 bits per heavy atom. The summed E-state index contributed by atoms with van der Waals surface area (Å²) < 4.78 is 5.76. The number of anilines is 1. The van der Waals surface area contributed by atoms with Crippen LogP contribution >= 0.6 is 24.0 Å². The summed E-state index contributed by atoms with van der Waals surface area (Å²) in [7, 11) is 0. The maximum Gasteiger partial charge on any atom is 0.330 e. The molecule has 2 rings (SSSR count). The Labute approximate surface area is 172 Å². The molecule has 0 aliphatic heterocycles. The molecule has 0 fully saturated rings. The van der Waals surface area contributed by atoms with Crippen molar-refractivity contribution in [3.8, 4) is 11.5 Å². The van der Waals surface area contributed by atoms with Crippen LogP contribution in [0.3, 0.4) is 0 Å². The van der Waals surface area contributed by atoms with Gasteiger partial charge in [-0.15, -0.1) is 0 Å². The van der Waals surface area contributed by atoms with Gasteiger partial charge in [-0.25, -0.2) is 4.79 Å². The molecule has 0 aromatic heterocycles. The summed E-state index contributed by atoms with van der Waals surface area (Å²) in [5.41, 5.74) is 2.45. The Hall–Kier alpha value is -2.55. The van der Waals surface area contributed by atoms with E-state index in [0.717, 1.165) is 11.3 Å². The lowest BCUT2D eigenvalue weighted by molar-refractivity contribution is -0.137. The minimum Gasteiger partial charge on any atom is -0.504 e. The molecule has 6 nitrogen and oxygen atoms in total. The van der Waals surface area contributed by atoms with Gasteiger partial charge in [0.1, 0.15) is 4.32 Å². The van der Waals surface area contributed by atoms with Crippen LogP contribution in [-0.4, -0.2) is 44.6 Å². The molecule has 8 heteroatoms. The molecule has 0 radical (unpaired) electrons. The van der Waals surface area contributed by atoms with Gasteiger partial charge in [0.2, 0.25) is 0 Å². The van der Waals surface area contributed by atoms with Crippen molar-refractivity contribution in [1.29, 1.82) is 0 Å². The highest BCUT2D eigenvalue weighted by atomic mass is 32.2. The van der Waals surface area contributed by atoms with E-state index in [1.807, 2.05) is 24.3 Å². The summed E-state index contributed by atoms with van der Waals surface area (Å²) >= 11 is 6.53. The largest absolute Gasteiger partial charge is 0.504 e. The molecule has 0 unspecified atom stereocenters. The van der Waals surface area contributed by atoms with E-state index in [-0.39, 0.29) is 24.7 Å². The number of ether oxygens (including phenoxy) is 1. The number of rotatable bonds is 8. The Balaban J connectivity index is 1.74. The molecule has 0 aliphatic rings.